The minimum Gasteiger partial charge on any atom is -0.492 e. The van der Waals surface area contributed by atoms with Gasteiger partial charge < -0.3 is 24.3 Å². The first-order valence-electron chi connectivity index (χ1n) is 13.3. The maximum absolute atomic E-state index is 13.5. The average molecular weight is 618 g/mol. The Morgan fingerprint density at radius 1 is 0.833 bits per heavy atom. The Hall–Kier alpha value is -3.85. The summed E-state index contributed by atoms with van der Waals surface area (Å²) in [6.45, 7) is 1.74. The van der Waals surface area contributed by atoms with Crippen LogP contribution in [0, 0.1) is 0 Å². The molecule has 1 saturated heterocycles. The van der Waals surface area contributed by atoms with Crippen LogP contribution in [0.2, 0.25) is 0 Å². The van der Waals surface area contributed by atoms with Gasteiger partial charge in [-0.3, -0.25) is 9.10 Å². The van der Waals surface area contributed by atoms with Crippen LogP contribution in [0.25, 0.3) is 0 Å². The zero-order chi connectivity index (χ0) is 29.6. The Morgan fingerprint density at radius 2 is 1.52 bits per heavy atom. The predicted molar refractivity (Wildman–Crippen MR) is 153 cm³/mol. The first-order chi connectivity index (χ1) is 20.2. The van der Waals surface area contributed by atoms with Gasteiger partial charge in [-0.05, 0) is 48.5 Å². The highest BCUT2D eigenvalue weighted by Gasteiger charge is 2.29. The monoisotopic (exact) mass is 617 g/mol. The number of sulfonamides is 2. The number of carbonyl (C=O) groups excluding carboxylic acids is 1. The Labute approximate surface area is 244 Å². The predicted octanol–water partition coefficient (Wildman–Crippen LogP) is 1.87. The number of anilines is 1. The van der Waals surface area contributed by atoms with E-state index < -0.39 is 32.5 Å². The number of benzene rings is 3. The van der Waals surface area contributed by atoms with Crippen molar-refractivity contribution in [3.63, 3.8) is 0 Å². The van der Waals surface area contributed by atoms with Gasteiger partial charge in [0, 0.05) is 19.2 Å². The molecular formula is C28H31N3O9S2. The third-order valence-corrected chi connectivity index (χ3v) is 10.3. The normalized spacial score (nSPS) is 15.5. The van der Waals surface area contributed by atoms with Crippen LogP contribution in [-0.4, -0.2) is 86.3 Å². The van der Waals surface area contributed by atoms with Gasteiger partial charge in [0.2, 0.25) is 15.9 Å². The number of carbonyl (C=O) groups is 1. The molecule has 0 aliphatic carbocycles. The second-order valence-electron chi connectivity index (χ2n) is 9.34. The first-order valence-corrected chi connectivity index (χ1v) is 16.2. The van der Waals surface area contributed by atoms with Crippen LogP contribution in [0.4, 0.5) is 5.69 Å². The maximum Gasteiger partial charge on any atom is 0.264 e. The van der Waals surface area contributed by atoms with Gasteiger partial charge in [-0.2, -0.15) is 4.31 Å². The molecule has 2 aliphatic rings. The summed E-state index contributed by atoms with van der Waals surface area (Å²) in [5.41, 5.74) is 0.252. The summed E-state index contributed by atoms with van der Waals surface area (Å²) in [5.74, 6) is 0.773. The van der Waals surface area contributed by atoms with Crippen molar-refractivity contribution in [1.82, 2.24) is 9.62 Å². The fourth-order valence-corrected chi connectivity index (χ4v) is 7.25. The van der Waals surface area contributed by atoms with E-state index in [1.165, 1.54) is 34.6 Å². The molecule has 0 saturated carbocycles. The fraction of sp³-hybridized carbons (Fsp3) is 0.321. The summed E-state index contributed by atoms with van der Waals surface area (Å²) in [6.07, 6.45) is 0. The largest absolute Gasteiger partial charge is 0.492 e. The van der Waals surface area contributed by atoms with Crippen molar-refractivity contribution in [3.8, 4) is 17.2 Å². The number of nitrogens with one attached hydrogen (secondary N) is 1. The molecule has 12 nitrogen and oxygen atoms in total. The zero-order valence-electron chi connectivity index (χ0n) is 22.7. The van der Waals surface area contributed by atoms with E-state index in [1.54, 1.807) is 42.5 Å². The highest BCUT2D eigenvalue weighted by atomic mass is 32.2. The van der Waals surface area contributed by atoms with E-state index in [9.17, 15) is 21.6 Å². The SMILES string of the molecule is O=C(CN(c1ccc2c(c1)OCCO2)S(=O)(=O)c1ccccc1)NCCOc1ccc(S(=O)(=O)N2CCOCC2)cc1. The minimum absolute atomic E-state index is 0.0371. The van der Waals surface area contributed by atoms with E-state index in [4.69, 9.17) is 18.9 Å². The molecule has 2 aliphatic heterocycles. The van der Waals surface area contributed by atoms with E-state index >= 15 is 0 Å². The van der Waals surface area contributed by atoms with Crippen LogP contribution in [-0.2, 0) is 29.6 Å². The molecule has 224 valence electrons. The molecular weight excluding hydrogens is 586 g/mol. The van der Waals surface area contributed by atoms with Crippen LogP contribution >= 0.6 is 0 Å². The Morgan fingerprint density at radius 3 is 2.24 bits per heavy atom. The summed E-state index contributed by atoms with van der Waals surface area (Å²) in [5, 5.41) is 2.68. The summed E-state index contributed by atoms with van der Waals surface area (Å²) in [6, 6.07) is 18.6. The molecule has 1 N–H and O–H groups in total. The van der Waals surface area contributed by atoms with Crippen molar-refractivity contribution >= 4 is 31.6 Å². The van der Waals surface area contributed by atoms with Gasteiger partial charge in [0.25, 0.3) is 10.0 Å². The first kappa shape index (κ1) is 29.6. The molecule has 1 amide bonds. The average Bonchev–Trinajstić information content (AvgIpc) is 3.02. The summed E-state index contributed by atoms with van der Waals surface area (Å²) in [4.78, 5) is 13.1. The van der Waals surface area contributed by atoms with E-state index in [0.717, 1.165) is 4.31 Å². The van der Waals surface area contributed by atoms with E-state index in [1.807, 2.05) is 0 Å². The van der Waals surface area contributed by atoms with Gasteiger partial charge in [0.05, 0.1) is 35.2 Å². The molecule has 3 aromatic carbocycles. The molecule has 0 aromatic heterocycles. The van der Waals surface area contributed by atoms with Crippen LogP contribution in [0.5, 0.6) is 17.2 Å². The Balaban J connectivity index is 1.20. The molecule has 0 spiro atoms. The number of hydrogen-bond acceptors (Lipinski definition) is 9. The van der Waals surface area contributed by atoms with Gasteiger partial charge in [0.15, 0.2) is 11.5 Å². The molecule has 2 heterocycles. The van der Waals surface area contributed by atoms with E-state index in [0.29, 0.717) is 56.8 Å². The van der Waals surface area contributed by atoms with Gasteiger partial charge in [0.1, 0.15) is 32.1 Å². The minimum atomic E-state index is -4.09. The quantitative estimate of drug-likeness (QED) is 0.319. The summed E-state index contributed by atoms with van der Waals surface area (Å²) >= 11 is 0. The zero-order valence-corrected chi connectivity index (χ0v) is 24.3. The van der Waals surface area contributed by atoms with Gasteiger partial charge in [-0.15, -0.1) is 0 Å². The molecule has 0 atom stereocenters. The highest BCUT2D eigenvalue weighted by molar-refractivity contribution is 7.92. The number of ether oxygens (including phenoxy) is 4. The second-order valence-corrected chi connectivity index (χ2v) is 13.1. The van der Waals surface area contributed by atoms with Crippen LogP contribution in [0.3, 0.4) is 0 Å². The molecule has 0 radical (unpaired) electrons. The van der Waals surface area contributed by atoms with Crippen molar-refractivity contribution in [1.29, 1.82) is 0 Å². The number of fused-ring (bicyclic) bond motifs is 1. The lowest BCUT2D eigenvalue weighted by molar-refractivity contribution is -0.119. The Bertz CT molecular complexity index is 1590. The number of nitrogens with zero attached hydrogens (tertiary/aromatic N) is 2. The Kier molecular flexibility index (Phi) is 9.16. The smallest absolute Gasteiger partial charge is 0.264 e. The van der Waals surface area contributed by atoms with E-state index in [-0.39, 0.29) is 28.6 Å². The van der Waals surface area contributed by atoms with Crippen molar-refractivity contribution in [2.45, 2.75) is 9.79 Å². The van der Waals surface area contributed by atoms with Crippen LogP contribution in [0.15, 0.2) is 82.6 Å². The molecule has 3 aromatic rings. The summed E-state index contributed by atoms with van der Waals surface area (Å²) < 4.78 is 77.1. The topological polar surface area (TPSA) is 141 Å². The summed E-state index contributed by atoms with van der Waals surface area (Å²) in [7, 11) is -7.70. The molecule has 42 heavy (non-hydrogen) atoms. The van der Waals surface area contributed by atoms with Crippen LogP contribution in [0.1, 0.15) is 0 Å². The molecule has 14 heteroatoms. The molecule has 1 fully saturated rings. The lowest BCUT2D eigenvalue weighted by Crippen LogP contribution is -2.42. The number of hydrogen-bond donors (Lipinski definition) is 1. The third-order valence-electron chi connectivity index (χ3n) is 6.56. The van der Waals surface area contributed by atoms with Gasteiger partial charge >= 0.3 is 0 Å². The second kappa shape index (κ2) is 13.0. The van der Waals surface area contributed by atoms with Gasteiger partial charge in [-0.25, -0.2) is 16.8 Å². The number of rotatable bonds is 11. The number of amides is 1. The maximum atomic E-state index is 13.5. The molecule has 0 unspecified atom stereocenters. The lowest BCUT2D eigenvalue weighted by atomic mass is 10.2. The van der Waals surface area contributed by atoms with Crippen molar-refractivity contribution < 1.29 is 40.6 Å². The van der Waals surface area contributed by atoms with E-state index in [2.05, 4.69) is 5.32 Å². The standard InChI is InChI=1S/C28H31N3O9S2/c32-28(29-12-15-38-23-7-9-25(10-8-23)41(33,34)30-13-16-37-17-14-30)21-31(42(35,36)24-4-2-1-3-5-24)22-6-11-26-27(20-22)40-19-18-39-26/h1-11,20H,12-19,21H2,(H,29,32). The fourth-order valence-electron chi connectivity index (χ4n) is 4.41. The van der Waals surface area contributed by atoms with Crippen molar-refractivity contribution in [3.05, 3.63) is 72.8 Å². The van der Waals surface area contributed by atoms with Gasteiger partial charge in [-0.1, -0.05) is 18.2 Å². The van der Waals surface area contributed by atoms with Crippen molar-refractivity contribution in [2.75, 3.05) is 63.5 Å². The van der Waals surface area contributed by atoms with Crippen LogP contribution < -0.4 is 23.8 Å². The molecule has 5 rings (SSSR count). The molecule has 0 bridgehead atoms. The number of morpholine rings is 1. The third kappa shape index (κ3) is 6.78. The van der Waals surface area contributed by atoms with Crippen molar-refractivity contribution in [2.24, 2.45) is 0 Å². The lowest BCUT2D eigenvalue weighted by Gasteiger charge is -2.26. The highest BCUT2D eigenvalue weighted by Crippen LogP contribution is 2.35.